The van der Waals surface area contributed by atoms with Gasteiger partial charge in [0.1, 0.15) is 11.5 Å². The Morgan fingerprint density at radius 3 is 2.55 bits per heavy atom. The second-order valence-electron chi connectivity index (χ2n) is 6.96. The molecule has 146 valence electrons. The highest BCUT2D eigenvalue weighted by Crippen LogP contribution is 2.33. The number of fused-ring (bicyclic) bond motifs is 2. The Labute approximate surface area is 168 Å². The molecule has 0 aliphatic heterocycles. The highest BCUT2D eigenvalue weighted by atomic mass is 16.5. The summed E-state index contributed by atoms with van der Waals surface area (Å²) in [6, 6.07) is 14.9. The minimum atomic E-state index is 0.256. The number of hydrogen-bond acceptors (Lipinski definition) is 6. The summed E-state index contributed by atoms with van der Waals surface area (Å²) in [5, 5.41) is 20.2. The number of nitrogens with two attached hydrogens (primary N) is 1. The van der Waals surface area contributed by atoms with Crippen molar-refractivity contribution in [3.8, 4) is 11.5 Å². The van der Waals surface area contributed by atoms with Crippen LogP contribution < -0.4 is 10.5 Å². The van der Waals surface area contributed by atoms with Crippen LogP contribution in [0.5, 0.6) is 11.5 Å². The standard InChI is InChI=1S/C23H22N4O2/c1-4-29-16-6-8-19-18(12-16)23(24)17-7-5-15(11-21(17)25-19)26-27-20-9-14(3)22(28)10-13(20)2/h5-12,28H,4H2,1-3H3,(H2,24,25)/b27-26+. The third kappa shape index (κ3) is 3.57. The average molecular weight is 386 g/mol. The number of hydrogen-bond donors (Lipinski definition) is 2. The molecule has 4 rings (SSSR count). The van der Waals surface area contributed by atoms with Crippen LogP contribution in [0, 0.1) is 13.8 Å². The lowest BCUT2D eigenvalue weighted by Crippen LogP contribution is -1.95. The normalized spacial score (nSPS) is 11.6. The smallest absolute Gasteiger partial charge is 0.120 e. The summed E-state index contributed by atoms with van der Waals surface area (Å²) in [6.07, 6.45) is 0. The van der Waals surface area contributed by atoms with Crippen LogP contribution in [0.1, 0.15) is 18.1 Å². The van der Waals surface area contributed by atoms with Gasteiger partial charge in [0.2, 0.25) is 0 Å². The fourth-order valence-electron chi connectivity index (χ4n) is 3.27. The second-order valence-corrected chi connectivity index (χ2v) is 6.96. The van der Waals surface area contributed by atoms with E-state index in [1.165, 1.54) is 0 Å². The monoisotopic (exact) mass is 386 g/mol. The van der Waals surface area contributed by atoms with Gasteiger partial charge >= 0.3 is 0 Å². The lowest BCUT2D eigenvalue weighted by atomic mass is 10.1. The number of aromatic hydroxyl groups is 1. The molecular weight excluding hydrogens is 364 g/mol. The Balaban J connectivity index is 1.75. The number of benzene rings is 3. The van der Waals surface area contributed by atoms with E-state index < -0.39 is 0 Å². The van der Waals surface area contributed by atoms with Crippen molar-refractivity contribution in [3.05, 3.63) is 59.7 Å². The van der Waals surface area contributed by atoms with Crippen LogP contribution in [0.25, 0.3) is 21.8 Å². The molecule has 1 aromatic heterocycles. The molecule has 6 heteroatoms. The van der Waals surface area contributed by atoms with E-state index in [4.69, 9.17) is 15.5 Å². The molecule has 0 aliphatic rings. The van der Waals surface area contributed by atoms with Crippen LogP contribution in [0.3, 0.4) is 0 Å². The van der Waals surface area contributed by atoms with Crippen LogP contribution in [0.4, 0.5) is 17.1 Å². The summed E-state index contributed by atoms with van der Waals surface area (Å²) >= 11 is 0. The van der Waals surface area contributed by atoms with Crippen molar-refractivity contribution >= 4 is 38.9 Å². The topological polar surface area (TPSA) is 93.1 Å². The first-order valence-electron chi connectivity index (χ1n) is 9.44. The fourth-order valence-corrected chi connectivity index (χ4v) is 3.27. The number of aryl methyl sites for hydroxylation is 2. The predicted octanol–water partition coefficient (Wildman–Crippen LogP) is 6.11. The molecule has 4 aromatic rings. The Kier molecular flexibility index (Phi) is 4.76. The molecule has 1 heterocycles. The molecular formula is C23H22N4O2. The minimum Gasteiger partial charge on any atom is -0.508 e. The van der Waals surface area contributed by atoms with Gasteiger partial charge < -0.3 is 15.6 Å². The number of nitrogen functional groups attached to an aromatic ring is 1. The summed E-state index contributed by atoms with van der Waals surface area (Å²) in [4.78, 5) is 4.73. The molecule has 0 radical (unpaired) electrons. The Hall–Kier alpha value is -3.67. The van der Waals surface area contributed by atoms with E-state index in [0.29, 0.717) is 18.0 Å². The van der Waals surface area contributed by atoms with E-state index in [2.05, 4.69) is 10.2 Å². The molecule has 0 saturated heterocycles. The molecule has 0 unspecified atom stereocenters. The zero-order valence-electron chi connectivity index (χ0n) is 16.6. The molecule has 0 atom stereocenters. The first-order valence-corrected chi connectivity index (χ1v) is 9.44. The predicted molar refractivity (Wildman–Crippen MR) is 117 cm³/mol. The van der Waals surface area contributed by atoms with Crippen molar-refractivity contribution < 1.29 is 9.84 Å². The molecule has 3 N–H and O–H groups in total. The first-order chi connectivity index (χ1) is 14.0. The third-order valence-corrected chi connectivity index (χ3v) is 4.87. The number of pyridine rings is 1. The number of rotatable bonds is 4. The maximum Gasteiger partial charge on any atom is 0.120 e. The van der Waals surface area contributed by atoms with E-state index in [1.807, 2.05) is 63.2 Å². The molecule has 3 aromatic carbocycles. The quantitative estimate of drug-likeness (QED) is 0.327. The summed E-state index contributed by atoms with van der Waals surface area (Å²) in [6.45, 7) is 6.27. The highest BCUT2D eigenvalue weighted by Gasteiger charge is 2.09. The molecule has 0 spiro atoms. The number of phenolic OH excluding ortho intramolecular Hbond substituents is 1. The molecule has 0 amide bonds. The van der Waals surface area contributed by atoms with Gasteiger partial charge in [0.05, 0.1) is 34.7 Å². The SMILES string of the molecule is CCOc1ccc2nc3cc(/N=N/c4cc(C)c(O)cc4C)ccc3c(N)c2c1. The zero-order chi connectivity index (χ0) is 20.5. The maximum absolute atomic E-state index is 9.79. The molecule has 0 aliphatic carbocycles. The van der Waals surface area contributed by atoms with Gasteiger partial charge in [0.15, 0.2) is 0 Å². The number of nitrogens with zero attached hydrogens (tertiary/aromatic N) is 3. The van der Waals surface area contributed by atoms with Gasteiger partial charge in [-0.15, -0.1) is 0 Å². The van der Waals surface area contributed by atoms with Crippen molar-refractivity contribution in [2.45, 2.75) is 20.8 Å². The first kappa shape index (κ1) is 18.7. The molecule has 6 nitrogen and oxygen atoms in total. The number of aromatic nitrogens is 1. The van der Waals surface area contributed by atoms with E-state index in [0.717, 1.165) is 44.4 Å². The average Bonchev–Trinajstić information content (AvgIpc) is 2.70. The van der Waals surface area contributed by atoms with Crippen molar-refractivity contribution in [1.82, 2.24) is 4.98 Å². The van der Waals surface area contributed by atoms with Gasteiger partial charge in [-0.25, -0.2) is 4.98 Å². The van der Waals surface area contributed by atoms with Crippen molar-refractivity contribution in [2.75, 3.05) is 12.3 Å². The highest BCUT2D eigenvalue weighted by molar-refractivity contribution is 6.07. The van der Waals surface area contributed by atoms with E-state index in [-0.39, 0.29) is 5.75 Å². The van der Waals surface area contributed by atoms with Crippen molar-refractivity contribution in [1.29, 1.82) is 0 Å². The van der Waals surface area contributed by atoms with Crippen molar-refractivity contribution in [3.63, 3.8) is 0 Å². The zero-order valence-corrected chi connectivity index (χ0v) is 16.6. The molecule has 0 saturated carbocycles. The Bertz CT molecular complexity index is 1270. The van der Waals surface area contributed by atoms with Crippen LogP contribution in [-0.2, 0) is 0 Å². The third-order valence-electron chi connectivity index (χ3n) is 4.87. The fraction of sp³-hybridized carbons (Fsp3) is 0.174. The summed E-state index contributed by atoms with van der Waals surface area (Å²) < 4.78 is 5.57. The summed E-state index contributed by atoms with van der Waals surface area (Å²) in [5.41, 5.74) is 11.7. The van der Waals surface area contributed by atoms with Gasteiger partial charge in [0, 0.05) is 10.8 Å². The maximum atomic E-state index is 9.79. The second kappa shape index (κ2) is 7.39. The number of phenols is 1. The van der Waals surface area contributed by atoms with Crippen molar-refractivity contribution in [2.24, 2.45) is 10.2 Å². The molecule has 0 fully saturated rings. The van der Waals surface area contributed by atoms with Gasteiger partial charge in [0.25, 0.3) is 0 Å². The largest absolute Gasteiger partial charge is 0.508 e. The van der Waals surface area contributed by atoms with E-state index in [9.17, 15) is 5.11 Å². The summed E-state index contributed by atoms with van der Waals surface area (Å²) in [7, 11) is 0. The lowest BCUT2D eigenvalue weighted by molar-refractivity contribution is 0.341. The van der Waals surface area contributed by atoms with Gasteiger partial charge in [-0.3, -0.25) is 0 Å². The van der Waals surface area contributed by atoms with Crippen LogP contribution in [0.15, 0.2) is 58.8 Å². The Morgan fingerprint density at radius 2 is 1.76 bits per heavy atom. The molecule has 0 bridgehead atoms. The number of ether oxygens (including phenoxy) is 1. The number of anilines is 1. The van der Waals surface area contributed by atoms with Gasteiger partial charge in [-0.05, 0) is 80.4 Å². The minimum absolute atomic E-state index is 0.256. The number of azo groups is 1. The van der Waals surface area contributed by atoms with Gasteiger partial charge in [-0.1, -0.05) is 0 Å². The van der Waals surface area contributed by atoms with Crippen LogP contribution in [0.2, 0.25) is 0 Å². The van der Waals surface area contributed by atoms with Crippen LogP contribution in [-0.4, -0.2) is 16.7 Å². The lowest BCUT2D eigenvalue weighted by Gasteiger charge is -2.09. The molecule has 29 heavy (non-hydrogen) atoms. The van der Waals surface area contributed by atoms with E-state index >= 15 is 0 Å². The summed E-state index contributed by atoms with van der Waals surface area (Å²) in [5.74, 6) is 1.03. The van der Waals surface area contributed by atoms with E-state index in [1.54, 1.807) is 6.07 Å². The Morgan fingerprint density at radius 1 is 0.931 bits per heavy atom. The van der Waals surface area contributed by atoms with Gasteiger partial charge in [-0.2, -0.15) is 10.2 Å². The van der Waals surface area contributed by atoms with Crippen LogP contribution >= 0.6 is 0 Å².